The van der Waals surface area contributed by atoms with Crippen molar-refractivity contribution < 1.29 is 0 Å². The van der Waals surface area contributed by atoms with E-state index in [-0.39, 0.29) is 0 Å². The highest BCUT2D eigenvalue weighted by Crippen LogP contribution is 2.04. The summed E-state index contributed by atoms with van der Waals surface area (Å²) >= 11 is 9.75. The van der Waals surface area contributed by atoms with E-state index in [1.54, 1.807) is 0 Å². The van der Waals surface area contributed by atoms with Crippen LogP contribution < -0.4 is 11.5 Å². The van der Waals surface area contributed by atoms with Crippen molar-refractivity contribution in [1.29, 1.82) is 0 Å². The molecule has 0 amide bonds. The van der Waals surface area contributed by atoms with Crippen LogP contribution in [0.1, 0.15) is 55.4 Å². The SMILES string of the molecule is CC(C)N(C(N)=S)C(C)C.CC(C)N(C(N)=S)C(C)C. The van der Waals surface area contributed by atoms with Gasteiger partial charge in [0.2, 0.25) is 0 Å². The fraction of sp³-hybridized carbons (Fsp3) is 0.857. The molecule has 120 valence electrons. The summed E-state index contributed by atoms with van der Waals surface area (Å²) in [5, 5.41) is 0.981. The van der Waals surface area contributed by atoms with Gasteiger partial charge >= 0.3 is 0 Å². The first-order valence-corrected chi connectivity index (χ1v) is 7.90. The molecule has 0 aromatic heterocycles. The van der Waals surface area contributed by atoms with E-state index in [0.717, 1.165) is 0 Å². The molecule has 0 heterocycles. The third-order valence-corrected chi connectivity index (χ3v) is 3.16. The van der Waals surface area contributed by atoms with E-state index in [2.05, 4.69) is 55.4 Å². The van der Waals surface area contributed by atoms with E-state index in [1.165, 1.54) is 0 Å². The number of nitrogens with two attached hydrogens (primary N) is 2. The summed E-state index contributed by atoms with van der Waals surface area (Å²) in [7, 11) is 0. The van der Waals surface area contributed by atoms with Crippen LogP contribution in [0.2, 0.25) is 0 Å². The predicted octanol–water partition coefficient (Wildman–Crippen LogP) is 2.70. The largest absolute Gasteiger partial charge is 0.376 e. The molecule has 0 aromatic rings. The van der Waals surface area contributed by atoms with Crippen LogP contribution in [0.3, 0.4) is 0 Å². The summed E-state index contributed by atoms with van der Waals surface area (Å²) in [4.78, 5) is 4.02. The maximum atomic E-state index is 5.50. The van der Waals surface area contributed by atoms with Crippen molar-refractivity contribution in [2.45, 2.75) is 79.6 Å². The standard InChI is InChI=1S/2C7H16N2S/c2*1-5(2)9(6(3)4)7(8)10/h2*5-6H,1-4H3,(H2,8,10). The summed E-state index contributed by atoms with van der Waals surface area (Å²) in [5.74, 6) is 0. The van der Waals surface area contributed by atoms with Crippen LogP contribution in [0.15, 0.2) is 0 Å². The van der Waals surface area contributed by atoms with Crippen molar-refractivity contribution in [3.8, 4) is 0 Å². The molecule has 0 aliphatic heterocycles. The summed E-state index contributed by atoms with van der Waals surface area (Å²) in [6, 6.07) is 1.60. The van der Waals surface area contributed by atoms with Gasteiger partial charge in [-0.2, -0.15) is 0 Å². The Morgan fingerprint density at radius 1 is 0.600 bits per heavy atom. The van der Waals surface area contributed by atoms with Gasteiger partial charge in [0.15, 0.2) is 10.2 Å². The highest BCUT2D eigenvalue weighted by atomic mass is 32.1. The molecule has 0 bridgehead atoms. The van der Waals surface area contributed by atoms with Gasteiger partial charge in [-0.3, -0.25) is 0 Å². The number of nitrogens with zero attached hydrogens (tertiary/aromatic N) is 2. The van der Waals surface area contributed by atoms with Crippen molar-refractivity contribution in [2.75, 3.05) is 0 Å². The average molecular weight is 321 g/mol. The fourth-order valence-corrected chi connectivity index (χ4v) is 3.05. The Morgan fingerprint density at radius 3 is 0.750 bits per heavy atom. The molecule has 20 heavy (non-hydrogen) atoms. The van der Waals surface area contributed by atoms with E-state index in [4.69, 9.17) is 35.9 Å². The maximum absolute atomic E-state index is 5.50. The first-order chi connectivity index (χ1) is 8.93. The molecule has 0 spiro atoms. The molecule has 0 aromatic carbocycles. The molecular weight excluding hydrogens is 288 g/mol. The molecule has 0 aliphatic rings. The minimum Gasteiger partial charge on any atom is -0.376 e. The van der Waals surface area contributed by atoms with Crippen LogP contribution in [-0.2, 0) is 0 Å². The van der Waals surface area contributed by atoms with Gasteiger partial charge in [0, 0.05) is 24.2 Å². The van der Waals surface area contributed by atoms with Crippen LogP contribution in [0.5, 0.6) is 0 Å². The molecule has 0 saturated heterocycles. The van der Waals surface area contributed by atoms with Crippen LogP contribution in [-0.4, -0.2) is 44.2 Å². The lowest BCUT2D eigenvalue weighted by Gasteiger charge is -2.30. The Morgan fingerprint density at radius 2 is 0.750 bits per heavy atom. The highest BCUT2D eigenvalue weighted by Gasteiger charge is 2.13. The molecule has 4 nitrogen and oxygen atoms in total. The lowest BCUT2D eigenvalue weighted by molar-refractivity contribution is 0.294. The van der Waals surface area contributed by atoms with Crippen molar-refractivity contribution >= 4 is 34.7 Å². The van der Waals surface area contributed by atoms with Crippen molar-refractivity contribution in [1.82, 2.24) is 9.80 Å². The van der Waals surface area contributed by atoms with Gasteiger partial charge in [0.1, 0.15) is 0 Å². The molecule has 6 heteroatoms. The van der Waals surface area contributed by atoms with Gasteiger partial charge < -0.3 is 21.3 Å². The predicted molar refractivity (Wildman–Crippen MR) is 97.8 cm³/mol. The smallest absolute Gasteiger partial charge is 0.166 e. The number of hydrogen-bond donors (Lipinski definition) is 2. The van der Waals surface area contributed by atoms with Gasteiger partial charge in [-0.1, -0.05) is 0 Å². The van der Waals surface area contributed by atoms with Gasteiger partial charge in [-0.15, -0.1) is 0 Å². The Balaban J connectivity index is 0. The quantitative estimate of drug-likeness (QED) is 0.777. The van der Waals surface area contributed by atoms with E-state index < -0.39 is 0 Å². The topological polar surface area (TPSA) is 58.5 Å². The fourth-order valence-electron chi connectivity index (χ4n) is 2.21. The van der Waals surface area contributed by atoms with Crippen LogP contribution in [0.25, 0.3) is 0 Å². The zero-order chi connectivity index (χ0) is 16.6. The molecule has 0 saturated carbocycles. The minimum atomic E-state index is 0.400. The third-order valence-electron chi connectivity index (χ3n) is 2.73. The molecule has 0 fully saturated rings. The van der Waals surface area contributed by atoms with Gasteiger partial charge in [0.05, 0.1) is 0 Å². The maximum Gasteiger partial charge on any atom is 0.166 e. The monoisotopic (exact) mass is 320 g/mol. The highest BCUT2D eigenvalue weighted by molar-refractivity contribution is 7.80. The normalized spacial score (nSPS) is 10.6. The zero-order valence-corrected chi connectivity index (χ0v) is 15.8. The minimum absolute atomic E-state index is 0.400. The molecule has 0 aliphatic carbocycles. The van der Waals surface area contributed by atoms with Crippen LogP contribution in [0, 0.1) is 0 Å². The molecule has 0 unspecified atom stereocenters. The molecule has 0 rings (SSSR count). The summed E-state index contributed by atoms with van der Waals surface area (Å²) in [6.07, 6.45) is 0. The molecule has 0 radical (unpaired) electrons. The summed E-state index contributed by atoms with van der Waals surface area (Å²) < 4.78 is 0. The number of rotatable bonds is 4. The zero-order valence-electron chi connectivity index (χ0n) is 14.2. The molecular formula is C14H32N4S2. The van der Waals surface area contributed by atoms with Crippen LogP contribution >= 0.6 is 24.4 Å². The lowest BCUT2D eigenvalue weighted by atomic mass is 10.2. The van der Waals surface area contributed by atoms with E-state index in [1.807, 2.05) is 9.80 Å². The second-order valence-electron chi connectivity index (χ2n) is 5.87. The van der Waals surface area contributed by atoms with Crippen molar-refractivity contribution in [2.24, 2.45) is 11.5 Å². The summed E-state index contributed by atoms with van der Waals surface area (Å²) in [6.45, 7) is 16.7. The first kappa shape index (κ1) is 21.7. The number of hydrogen-bond acceptors (Lipinski definition) is 2. The number of thiocarbonyl (C=S) groups is 2. The van der Waals surface area contributed by atoms with Crippen molar-refractivity contribution in [3.63, 3.8) is 0 Å². The van der Waals surface area contributed by atoms with Crippen molar-refractivity contribution in [3.05, 3.63) is 0 Å². The van der Waals surface area contributed by atoms with Gasteiger partial charge in [-0.05, 0) is 79.8 Å². The van der Waals surface area contributed by atoms with E-state index in [0.29, 0.717) is 34.4 Å². The first-order valence-electron chi connectivity index (χ1n) is 7.08. The Hall–Kier alpha value is -0.620. The van der Waals surface area contributed by atoms with E-state index >= 15 is 0 Å². The van der Waals surface area contributed by atoms with Crippen LogP contribution in [0.4, 0.5) is 0 Å². The Kier molecular flexibility index (Phi) is 11.0. The summed E-state index contributed by atoms with van der Waals surface area (Å²) in [5.41, 5.74) is 11.0. The Bertz CT molecular complexity index is 256. The Labute approximate surface area is 135 Å². The van der Waals surface area contributed by atoms with E-state index in [9.17, 15) is 0 Å². The molecule has 0 atom stereocenters. The lowest BCUT2D eigenvalue weighted by Crippen LogP contribution is -2.44. The van der Waals surface area contributed by atoms with Gasteiger partial charge in [-0.25, -0.2) is 0 Å². The second kappa shape index (κ2) is 10.2. The third kappa shape index (κ3) is 8.53. The average Bonchev–Trinajstić information content (AvgIpc) is 2.12. The second-order valence-corrected chi connectivity index (χ2v) is 6.70. The van der Waals surface area contributed by atoms with Gasteiger partial charge in [0.25, 0.3) is 0 Å². The molecule has 4 N–H and O–H groups in total.